The van der Waals surface area contributed by atoms with Crippen LogP contribution in [0.3, 0.4) is 0 Å². The van der Waals surface area contributed by atoms with E-state index in [9.17, 15) is 14.2 Å². The van der Waals surface area contributed by atoms with Crippen LogP contribution in [-0.2, 0) is 23.3 Å². The summed E-state index contributed by atoms with van der Waals surface area (Å²) in [6.07, 6.45) is 2.11. The third kappa shape index (κ3) is 2.83. The van der Waals surface area contributed by atoms with Gasteiger partial charge in [0.05, 0.1) is 6.07 Å². The molecule has 1 aliphatic rings. The van der Waals surface area contributed by atoms with Gasteiger partial charge in [0.15, 0.2) is 5.54 Å². The van der Waals surface area contributed by atoms with E-state index in [4.69, 9.17) is 0 Å². The lowest BCUT2D eigenvalue weighted by Gasteiger charge is -2.36. The number of nitriles is 1. The van der Waals surface area contributed by atoms with E-state index in [1.54, 1.807) is 6.07 Å². The molecule has 0 radical (unpaired) electrons. The third-order valence-corrected chi connectivity index (χ3v) is 5.19. The minimum atomic E-state index is -1.35. The molecule has 0 spiro atoms. The topological polar surface area (TPSA) is 58.9 Å². The first-order valence-electron chi connectivity index (χ1n) is 6.68. The Kier molecular flexibility index (Phi) is 4.10. The first-order valence-corrected chi connectivity index (χ1v) is 7.83. The molecule has 0 fully saturated rings. The van der Waals surface area contributed by atoms with Gasteiger partial charge in [-0.05, 0) is 63.3 Å². The number of benzene rings is 1. The van der Waals surface area contributed by atoms with Crippen molar-refractivity contribution in [1.29, 1.82) is 5.26 Å². The van der Waals surface area contributed by atoms with Gasteiger partial charge in [-0.25, -0.2) is 4.39 Å². The molecule has 0 heterocycles. The van der Waals surface area contributed by atoms with Gasteiger partial charge in [0.25, 0.3) is 0 Å². The van der Waals surface area contributed by atoms with Crippen LogP contribution in [-0.4, -0.2) is 9.30 Å². The van der Waals surface area contributed by atoms with Gasteiger partial charge in [-0.15, -0.1) is 4.72 Å². The average molecular weight is 294 g/mol. The summed E-state index contributed by atoms with van der Waals surface area (Å²) in [5, 5.41) is 9.63. The molecule has 1 aliphatic carbocycles. The maximum Gasteiger partial charge on any atom is 0.174 e. The molecule has 0 saturated carbocycles. The fourth-order valence-corrected chi connectivity index (χ4v) is 3.30. The number of rotatable bonds is 2. The summed E-state index contributed by atoms with van der Waals surface area (Å²) in [5.41, 5.74) is 0.598. The molecule has 0 aromatic heterocycles. The van der Waals surface area contributed by atoms with Gasteiger partial charge in [-0.3, -0.25) is 0 Å². The Morgan fingerprint density at radius 2 is 2.15 bits per heavy atom. The first-order chi connectivity index (χ1) is 9.28. The Balaban J connectivity index is 2.41. The Bertz CT molecular complexity index is 550. The highest BCUT2D eigenvalue weighted by atomic mass is 32.2. The van der Waals surface area contributed by atoms with Crippen LogP contribution in [0.25, 0.3) is 0 Å². The zero-order chi connectivity index (χ0) is 15.0. The van der Waals surface area contributed by atoms with E-state index in [0.29, 0.717) is 6.42 Å². The Morgan fingerprint density at radius 1 is 1.45 bits per heavy atom. The average Bonchev–Trinajstić information content (AvgIpc) is 2.37. The quantitative estimate of drug-likeness (QED) is 0.853. The molecule has 1 unspecified atom stereocenters. The number of nitrogens with one attached hydrogen (secondary N) is 1. The molecule has 1 N–H and O–H groups in total. The molecule has 1 aromatic carbocycles. The Hall–Kier alpha value is -1.09. The van der Waals surface area contributed by atoms with Crippen LogP contribution in [0.5, 0.6) is 0 Å². The highest BCUT2D eigenvalue weighted by Crippen LogP contribution is 2.37. The molecule has 0 amide bonds. The van der Waals surface area contributed by atoms with Crippen molar-refractivity contribution >= 4 is 11.4 Å². The number of fused-ring (bicyclic) bond motifs is 1. The maximum absolute atomic E-state index is 13.3. The predicted molar refractivity (Wildman–Crippen MR) is 77.7 cm³/mol. The minimum absolute atomic E-state index is 0.297. The molecule has 0 aliphatic heterocycles. The number of halogens is 1. The lowest BCUT2D eigenvalue weighted by molar-refractivity contribution is 0.412. The van der Waals surface area contributed by atoms with E-state index in [1.807, 2.05) is 20.8 Å². The van der Waals surface area contributed by atoms with Crippen molar-refractivity contribution in [2.75, 3.05) is 0 Å². The van der Waals surface area contributed by atoms with E-state index in [1.165, 1.54) is 12.1 Å². The second-order valence-electron chi connectivity index (χ2n) is 6.16. The van der Waals surface area contributed by atoms with Crippen LogP contribution in [0.2, 0.25) is 0 Å². The molecule has 0 saturated heterocycles. The van der Waals surface area contributed by atoms with Crippen LogP contribution in [0, 0.1) is 17.1 Å². The van der Waals surface area contributed by atoms with Gasteiger partial charge in [-0.1, -0.05) is 6.07 Å². The normalized spacial score (nSPS) is 23.8. The molecular weight excluding hydrogens is 275 g/mol. The number of aryl methyl sites for hydroxylation is 1. The molecule has 5 heteroatoms. The fourth-order valence-electron chi connectivity index (χ4n) is 2.42. The van der Waals surface area contributed by atoms with E-state index in [0.717, 1.165) is 24.0 Å². The summed E-state index contributed by atoms with van der Waals surface area (Å²) in [4.78, 5) is 0. The molecular formula is C15H19FN2OS. The molecule has 2 atom stereocenters. The summed E-state index contributed by atoms with van der Waals surface area (Å²) in [5.74, 6) is -0.297. The van der Waals surface area contributed by atoms with Crippen molar-refractivity contribution < 1.29 is 8.94 Å². The van der Waals surface area contributed by atoms with Crippen LogP contribution >= 0.6 is 0 Å². The zero-order valence-corrected chi connectivity index (χ0v) is 12.8. The van der Waals surface area contributed by atoms with Crippen LogP contribution in [0.4, 0.5) is 4.39 Å². The summed E-state index contributed by atoms with van der Waals surface area (Å²) in [6.45, 7) is 5.57. The number of hydrogen-bond acceptors (Lipinski definition) is 3. The zero-order valence-electron chi connectivity index (χ0n) is 12.0. The summed E-state index contributed by atoms with van der Waals surface area (Å²) < 4.78 is 28.2. The van der Waals surface area contributed by atoms with Crippen molar-refractivity contribution in [3.05, 3.63) is 35.1 Å². The Labute approximate surface area is 122 Å². The van der Waals surface area contributed by atoms with E-state index < -0.39 is 21.6 Å². The molecule has 108 valence electrons. The van der Waals surface area contributed by atoms with Gasteiger partial charge in [0.1, 0.15) is 10.6 Å². The van der Waals surface area contributed by atoms with Crippen molar-refractivity contribution in [3.8, 4) is 6.07 Å². The molecule has 20 heavy (non-hydrogen) atoms. The molecule has 2 rings (SSSR count). The van der Waals surface area contributed by atoms with Crippen LogP contribution < -0.4 is 4.72 Å². The highest BCUT2D eigenvalue weighted by Gasteiger charge is 2.43. The lowest BCUT2D eigenvalue weighted by atomic mass is 9.78. The van der Waals surface area contributed by atoms with Gasteiger partial charge in [0.2, 0.25) is 0 Å². The molecule has 0 bridgehead atoms. The second kappa shape index (κ2) is 5.36. The van der Waals surface area contributed by atoms with Crippen LogP contribution in [0.15, 0.2) is 18.2 Å². The largest absolute Gasteiger partial charge is 0.598 e. The number of hydrogen-bond donors (Lipinski definition) is 1. The SMILES string of the molecule is CC(C)(C)[S+]([O-])N[C@@]1(C#N)CCCc2cc(F)ccc21. The third-order valence-electron chi connectivity index (χ3n) is 3.54. The fraction of sp³-hybridized carbons (Fsp3) is 0.533. The van der Waals surface area contributed by atoms with Crippen molar-refractivity contribution in [2.45, 2.75) is 50.3 Å². The molecule has 3 nitrogen and oxygen atoms in total. The highest BCUT2D eigenvalue weighted by molar-refractivity contribution is 7.90. The van der Waals surface area contributed by atoms with Crippen molar-refractivity contribution in [3.63, 3.8) is 0 Å². The summed E-state index contributed by atoms with van der Waals surface area (Å²) in [7, 11) is 0. The monoisotopic (exact) mass is 294 g/mol. The van der Waals surface area contributed by atoms with Crippen molar-refractivity contribution in [2.24, 2.45) is 0 Å². The smallest absolute Gasteiger partial charge is 0.174 e. The van der Waals surface area contributed by atoms with Gasteiger partial charge < -0.3 is 4.55 Å². The predicted octanol–water partition coefficient (Wildman–Crippen LogP) is 2.93. The van der Waals surface area contributed by atoms with Crippen LogP contribution in [0.1, 0.15) is 44.7 Å². The number of nitrogens with zero attached hydrogens (tertiary/aromatic N) is 1. The second-order valence-corrected chi connectivity index (χ2v) is 8.12. The maximum atomic E-state index is 13.3. The standard InChI is InChI=1S/C15H19FN2OS/c1-14(2,3)20(19)18-15(10-17)8-4-5-11-9-12(16)6-7-13(11)15/h6-7,9,18H,4-5,8H2,1-3H3/t15-,20?/m1/s1. The molecule has 1 aromatic rings. The first kappa shape index (κ1) is 15.3. The van der Waals surface area contributed by atoms with Crippen molar-refractivity contribution in [1.82, 2.24) is 4.72 Å². The summed E-state index contributed by atoms with van der Waals surface area (Å²) in [6, 6.07) is 6.74. The van der Waals surface area contributed by atoms with E-state index >= 15 is 0 Å². The van der Waals surface area contributed by atoms with Gasteiger partial charge in [-0.2, -0.15) is 5.26 Å². The van der Waals surface area contributed by atoms with E-state index in [-0.39, 0.29) is 5.82 Å². The van der Waals surface area contributed by atoms with E-state index in [2.05, 4.69) is 10.8 Å². The minimum Gasteiger partial charge on any atom is -0.598 e. The summed E-state index contributed by atoms with van der Waals surface area (Å²) >= 11 is -1.35. The Morgan fingerprint density at radius 3 is 2.75 bits per heavy atom. The van der Waals surface area contributed by atoms with Gasteiger partial charge >= 0.3 is 0 Å². The lowest BCUT2D eigenvalue weighted by Crippen LogP contribution is -2.52. The van der Waals surface area contributed by atoms with Gasteiger partial charge in [0, 0.05) is 11.4 Å².